The minimum absolute atomic E-state index is 0.0713. The minimum atomic E-state index is -0.0713. The molecule has 0 radical (unpaired) electrons. The normalized spacial score (nSPS) is 17.0. The molecule has 0 spiro atoms. The molecule has 1 aliphatic heterocycles. The molecule has 7 heteroatoms. The molecule has 4 rings (SSSR count). The summed E-state index contributed by atoms with van der Waals surface area (Å²) < 4.78 is 0. The molecule has 1 saturated heterocycles. The number of nitrogens with one attached hydrogen (secondary N) is 1. The van der Waals surface area contributed by atoms with E-state index in [1.807, 2.05) is 17.0 Å². The molecule has 1 amide bonds. The molecule has 25 heavy (non-hydrogen) atoms. The van der Waals surface area contributed by atoms with Crippen LogP contribution in [0, 0.1) is 0 Å². The van der Waals surface area contributed by atoms with E-state index in [1.165, 1.54) is 0 Å². The van der Waals surface area contributed by atoms with Crippen LogP contribution in [0.1, 0.15) is 30.1 Å². The van der Waals surface area contributed by atoms with Crippen LogP contribution < -0.4 is 0 Å². The van der Waals surface area contributed by atoms with Gasteiger partial charge in [0, 0.05) is 43.7 Å². The first-order valence-electron chi connectivity index (χ1n) is 8.32. The molecule has 3 aromatic rings. The summed E-state index contributed by atoms with van der Waals surface area (Å²) in [7, 11) is 0. The Bertz CT molecular complexity index is 849. The lowest BCUT2D eigenvalue weighted by molar-refractivity contribution is -0.131. The monoisotopic (exact) mass is 334 g/mol. The van der Waals surface area contributed by atoms with Crippen molar-refractivity contribution in [3.63, 3.8) is 0 Å². The number of carbonyl (C=O) groups is 1. The van der Waals surface area contributed by atoms with Crippen LogP contribution in [0.3, 0.4) is 0 Å². The van der Waals surface area contributed by atoms with Crippen molar-refractivity contribution in [2.75, 3.05) is 6.54 Å². The molecule has 0 aliphatic carbocycles. The van der Waals surface area contributed by atoms with E-state index in [-0.39, 0.29) is 11.9 Å². The first-order chi connectivity index (χ1) is 12.3. The van der Waals surface area contributed by atoms with Crippen LogP contribution >= 0.6 is 0 Å². The van der Waals surface area contributed by atoms with Crippen molar-refractivity contribution in [3.05, 3.63) is 60.6 Å². The van der Waals surface area contributed by atoms with Crippen LogP contribution in [-0.4, -0.2) is 42.3 Å². The van der Waals surface area contributed by atoms with E-state index in [2.05, 4.69) is 24.9 Å². The molecule has 1 aliphatic rings. The Kier molecular flexibility index (Phi) is 4.20. The molecular weight excluding hydrogens is 316 g/mol. The van der Waals surface area contributed by atoms with Gasteiger partial charge in [-0.2, -0.15) is 0 Å². The number of amides is 1. The highest BCUT2D eigenvalue weighted by Crippen LogP contribution is 2.34. The summed E-state index contributed by atoms with van der Waals surface area (Å²) in [5.41, 5.74) is 2.43. The van der Waals surface area contributed by atoms with Crippen LogP contribution in [0.25, 0.3) is 11.5 Å². The van der Waals surface area contributed by atoms with Gasteiger partial charge in [-0.15, -0.1) is 0 Å². The second kappa shape index (κ2) is 6.80. The highest BCUT2D eigenvalue weighted by Gasteiger charge is 2.33. The predicted octanol–water partition coefficient (Wildman–Crippen LogP) is 2.17. The maximum Gasteiger partial charge on any atom is 0.227 e. The molecular formula is C18H18N6O. The third-order valence-electron chi connectivity index (χ3n) is 4.42. The number of pyridine rings is 1. The number of aromatic amines is 1. The standard InChI is InChI=1S/C18H18N6O/c25-15(11-13-3-1-5-19-12-13)24-10-2-4-14(24)16-17(21-7-6-20-16)18-22-8-9-23-18/h1,3,5-9,12,14H,2,4,10-11H2,(H,22,23). The first kappa shape index (κ1) is 15.4. The van der Waals surface area contributed by atoms with E-state index >= 15 is 0 Å². The summed E-state index contributed by atoms with van der Waals surface area (Å²) in [6.07, 6.45) is 12.4. The average Bonchev–Trinajstić information content (AvgIpc) is 3.34. The van der Waals surface area contributed by atoms with E-state index in [1.54, 1.807) is 37.2 Å². The zero-order valence-corrected chi connectivity index (χ0v) is 13.7. The number of carbonyl (C=O) groups excluding carboxylic acids is 1. The smallest absolute Gasteiger partial charge is 0.227 e. The summed E-state index contributed by atoms with van der Waals surface area (Å²) in [5.74, 6) is 0.765. The van der Waals surface area contributed by atoms with E-state index in [0.29, 0.717) is 17.9 Å². The van der Waals surface area contributed by atoms with Gasteiger partial charge in [0.2, 0.25) is 5.91 Å². The van der Waals surface area contributed by atoms with Gasteiger partial charge in [-0.25, -0.2) is 9.97 Å². The average molecular weight is 334 g/mol. The number of likely N-dealkylation sites (tertiary alicyclic amines) is 1. The minimum Gasteiger partial charge on any atom is -0.343 e. The van der Waals surface area contributed by atoms with Crippen LogP contribution in [0.15, 0.2) is 49.3 Å². The molecule has 1 unspecified atom stereocenters. The van der Waals surface area contributed by atoms with Crippen molar-refractivity contribution in [1.82, 2.24) is 29.8 Å². The van der Waals surface area contributed by atoms with Gasteiger partial charge >= 0.3 is 0 Å². The van der Waals surface area contributed by atoms with Gasteiger partial charge in [-0.3, -0.25) is 14.8 Å². The molecule has 1 N–H and O–H groups in total. The highest BCUT2D eigenvalue weighted by atomic mass is 16.2. The molecule has 4 heterocycles. The van der Waals surface area contributed by atoms with Gasteiger partial charge in [0.15, 0.2) is 5.82 Å². The summed E-state index contributed by atoms with van der Waals surface area (Å²) in [5, 5.41) is 0. The lowest BCUT2D eigenvalue weighted by Gasteiger charge is -2.25. The Morgan fingerprint density at radius 3 is 2.92 bits per heavy atom. The van der Waals surface area contributed by atoms with Gasteiger partial charge < -0.3 is 9.88 Å². The Morgan fingerprint density at radius 1 is 1.20 bits per heavy atom. The van der Waals surface area contributed by atoms with E-state index in [0.717, 1.165) is 30.6 Å². The lowest BCUT2D eigenvalue weighted by atomic mass is 10.1. The number of hydrogen-bond acceptors (Lipinski definition) is 5. The maximum absolute atomic E-state index is 12.8. The van der Waals surface area contributed by atoms with E-state index in [4.69, 9.17) is 0 Å². The summed E-state index contributed by atoms with van der Waals surface area (Å²) >= 11 is 0. The van der Waals surface area contributed by atoms with Gasteiger partial charge in [0.1, 0.15) is 5.69 Å². The largest absolute Gasteiger partial charge is 0.343 e. The molecule has 0 bridgehead atoms. The fourth-order valence-electron chi connectivity index (χ4n) is 3.30. The second-order valence-electron chi connectivity index (χ2n) is 6.01. The van der Waals surface area contributed by atoms with Crippen molar-refractivity contribution in [2.24, 2.45) is 0 Å². The predicted molar refractivity (Wildman–Crippen MR) is 91.2 cm³/mol. The zero-order valence-electron chi connectivity index (χ0n) is 13.7. The first-order valence-corrected chi connectivity index (χ1v) is 8.32. The number of nitrogens with zero attached hydrogens (tertiary/aromatic N) is 5. The van der Waals surface area contributed by atoms with Crippen LogP contribution in [0.5, 0.6) is 0 Å². The van der Waals surface area contributed by atoms with Crippen molar-refractivity contribution in [1.29, 1.82) is 0 Å². The topological polar surface area (TPSA) is 87.7 Å². The molecule has 0 aromatic carbocycles. The van der Waals surface area contributed by atoms with Gasteiger partial charge in [-0.05, 0) is 24.5 Å². The maximum atomic E-state index is 12.8. The fraction of sp³-hybridized carbons (Fsp3) is 0.278. The van der Waals surface area contributed by atoms with Gasteiger partial charge in [0.25, 0.3) is 0 Å². The number of aromatic nitrogens is 5. The molecule has 126 valence electrons. The third-order valence-corrected chi connectivity index (χ3v) is 4.42. The second-order valence-corrected chi connectivity index (χ2v) is 6.01. The van der Waals surface area contributed by atoms with Crippen molar-refractivity contribution >= 4 is 5.91 Å². The highest BCUT2D eigenvalue weighted by molar-refractivity contribution is 5.79. The Labute approximate surface area is 145 Å². The van der Waals surface area contributed by atoms with Gasteiger partial charge in [0.05, 0.1) is 18.2 Å². The van der Waals surface area contributed by atoms with E-state index < -0.39 is 0 Å². The van der Waals surface area contributed by atoms with Crippen molar-refractivity contribution in [3.8, 4) is 11.5 Å². The number of imidazole rings is 1. The van der Waals surface area contributed by atoms with Crippen molar-refractivity contribution in [2.45, 2.75) is 25.3 Å². The molecule has 0 saturated carbocycles. The summed E-state index contributed by atoms with van der Waals surface area (Å²) in [6, 6.07) is 3.70. The SMILES string of the molecule is O=C(Cc1cccnc1)N1CCCC1c1nccnc1-c1ncc[nH]1. The van der Waals surface area contributed by atoms with E-state index in [9.17, 15) is 4.79 Å². The zero-order chi connectivity index (χ0) is 17.1. The third kappa shape index (κ3) is 3.13. The van der Waals surface area contributed by atoms with Gasteiger partial charge in [-0.1, -0.05) is 6.07 Å². The fourth-order valence-corrected chi connectivity index (χ4v) is 3.30. The number of hydrogen-bond donors (Lipinski definition) is 1. The molecule has 1 atom stereocenters. The Morgan fingerprint density at radius 2 is 2.12 bits per heavy atom. The number of rotatable bonds is 4. The Hall–Kier alpha value is -3.09. The van der Waals surface area contributed by atoms with Crippen LogP contribution in [0.2, 0.25) is 0 Å². The van der Waals surface area contributed by atoms with Crippen molar-refractivity contribution < 1.29 is 4.79 Å². The summed E-state index contributed by atoms with van der Waals surface area (Å²) in [4.78, 5) is 35.1. The quantitative estimate of drug-likeness (QED) is 0.790. The van der Waals surface area contributed by atoms with Crippen LogP contribution in [-0.2, 0) is 11.2 Å². The van der Waals surface area contributed by atoms with Crippen LogP contribution in [0.4, 0.5) is 0 Å². The Balaban J connectivity index is 1.61. The number of H-pyrrole nitrogens is 1. The lowest BCUT2D eigenvalue weighted by Crippen LogP contribution is -2.32. The molecule has 3 aromatic heterocycles. The molecule has 1 fully saturated rings. The molecule has 7 nitrogen and oxygen atoms in total. The summed E-state index contributed by atoms with van der Waals surface area (Å²) in [6.45, 7) is 0.734.